The van der Waals surface area contributed by atoms with Crippen LogP contribution in [0, 0.1) is 0 Å². The lowest BCUT2D eigenvalue weighted by atomic mass is 10.1. The Kier molecular flexibility index (Phi) is 4.26. The maximum absolute atomic E-state index is 6.16. The molecule has 1 aliphatic heterocycles. The number of ether oxygens (including phenoxy) is 3. The van der Waals surface area contributed by atoms with Crippen molar-refractivity contribution in [3.05, 3.63) is 71.8 Å². The second-order valence-electron chi connectivity index (χ2n) is 8.09. The van der Waals surface area contributed by atoms with E-state index < -0.39 is 0 Å². The molecule has 1 aromatic carbocycles. The molecule has 4 heterocycles. The molecule has 1 saturated carbocycles. The van der Waals surface area contributed by atoms with Crippen molar-refractivity contribution >= 4 is 11.2 Å². The minimum absolute atomic E-state index is 0.195. The van der Waals surface area contributed by atoms with Gasteiger partial charge in [0, 0.05) is 24.0 Å². The molecule has 0 saturated heterocycles. The predicted octanol–water partition coefficient (Wildman–Crippen LogP) is 4.27. The number of rotatable bonds is 5. The van der Waals surface area contributed by atoms with Gasteiger partial charge in [0.05, 0.1) is 20.0 Å². The lowest BCUT2D eigenvalue weighted by molar-refractivity contribution is 0.0908. The van der Waals surface area contributed by atoms with Gasteiger partial charge in [0.25, 0.3) is 0 Å². The lowest BCUT2D eigenvalue weighted by Crippen LogP contribution is -2.21. The highest BCUT2D eigenvalue weighted by Gasteiger charge is 2.25. The molecule has 0 spiro atoms. The second-order valence-corrected chi connectivity index (χ2v) is 8.09. The monoisotopic (exact) mass is 414 g/mol. The standard InChI is InChI=1S/C24H22N4O3/c1-29-23-7-5-17(10-25-23)22-13-30-21-8-15(2-6-20(21)31-22)12-28-14-27-19-9-18(16-3-4-16)11-26-24(19)28/h2,5-11,14,16,22H,3-4,12-13H2,1H3. The van der Waals surface area contributed by atoms with Gasteiger partial charge in [-0.2, -0.15) is 0 Å². The van der Waals surface area contributed by atoms with Crippen LogP contribution in [-0.2, 0) is 6.54 Å². The average Bonchev–Trinajstić information content (AvgIpc) is 3.60. The highest BCUT2D eigenvalue weighted by molar-refractivity contribution is 5.71. The van der Waals surface area contributed by atoms with E-state index in [9.17, 15) is 0 Å². The Morgan fingerprint density at radius 3 is 2.71 bits per heavy atom. The van der Waals surface area contributed by atoms with E-state index in [0.29, 0.717) is 24.9 Å². The largest absolute Gasteiger partial charge is 0.485 e. The number of fused-ring (bicyclic) bond motifs is 2. The van der Waals surface area contributed by atoms with Gasteiger partial charge >= 0.3 is 0 Å². The maximum atomic E-state index is 6.16. The first-order valence-corrected chi connectivity index (χ1v) is 10.5. The molecule has 31 heavy (non-hydrogen) atoms. The van der Waals surface area contributed by atoms with Gasteiger partial charge in [-0.1, -0.05) is 6.07 Å². The summed E-state index contributed by atoms with van der Waals surface area (Å²) in [6.45, 7) is 1.11. The minimum atomic E-state index is -0.195. The number of aromatic nitrogens is 4. The third kappa shape index (κ3) is 3.46. The Morgan fingerprint density at radius 2 is 1.90 bits per heavy atom. The van der Waals surface area contributed by atoms with E-state index in [0.717, 1.165) is 33.8 Å². The molecule has 1 aliphatic carbocycles. The first kappa shape index (κ1) is 18.2. The predicted molar refractivity (Wildman–Crippen MR) is 115 cm³/mol. The fraction of sp³-hybridized carbons (Fsp3) is 0.292. The summed E-state index contributed by atoms with van der Waals surface area (Å²) in [5.74, 6) is 2.75. The average molecular weight is 414 g/mol. The van der Waals surface area contributed by atoms with Crippen LogP contribution in [0.4, 0.5) is 0 Å². The van der Waals surface area contributed by atoms with Crippen molar-refractivity contribution in [1.82, 2.24) is 19.5 Å². The van der Waals surface area contributed by atoms with Gasteiger partial charge in [0.1, 0.15) is 12.1 Å². The van der Waals surface area contributed by atoms with Gasteiger partial charge in [0.2, 0.25) is 5.88 Å². The van der Waals surface area contributed by atoms with Crippen molar-refractivity contribution in [3.8, 4) is 17.4 Å². The van der Waals surface area contributed by atoms with Crippen molar-refractivity contribution in [2.75, 3.05) is 13.7 Å². The summed E-state index contributed by atoms with van der Waals surface area (Å²) in [6, 6.07) is 12.0. The number of hydrogen-bond acceptors (Lipinski definition) is 6. The van der Waals surface area contributed by atoms with Gasteiger partial charge in [-0.05, 0) is 54.2 Å². The van der Waals surface area contributed by atoms with Crippen LogP contribution >= 0.6 is 0 Å². The van der Waals surface area contributed by atoms with Crippen LogP contribution in [0.15, 0.2) is 55.1 Å². The first-order chi connectivity index (χ1) is 15.3. The van der Waals surface area contributed by atoms with Gasteiger partial charge in [-0.25, -0.2) is 15.0 Å². The summed E-state index contributed by atoms with van der Waals surface area (Å²) in [6.07, 6.45) is 7.95. The molecule has 6 rings (SSSR count). The van der Waals surface area contributed by atoms with E-state index >= 15 is 0 Å². The Morgan fingerprint density at radius 1 is 1.00 bits per heavy atom. The summed E-state index contributed by atoms with van der Waals surface area (Å²) in [4.78, 5) is 13.5. The summed E-state index contributed by atoms with van der Waals surface area (Å²) >= 11 is 0. The van der Waals surface area contributed by atoms with Gasteiger partial charge in [-0.3, -0.25) is 0 Å². The normalized spacial score (nSPS) is 17.6. The molecule has 0 N–H and O–H groups in total. The van der Waals surface area contributed by atoms with Crippen LogP contribution in [0.3, 0.4) is 0 Å². The highest BCUT2D eigenvalue weighted by atomic mass is 16.6. The fourth-order valence-electron chi connectivity index (χ4n) is 4.00. The summed E-state index contributed by atoms with van der Waals surface area (Å²) in [7, 11) is 1.60. The Balaban J connectivity index is 1.20. The van der Waals surface area contributed by atoms with Crippen molar-refractivity contribution in [3.63, 3.8) is 0 Å². The summed E-state index contributed by atoms with van der Waals surface area (Å²) in [5, 5.41) is 0. The van der Waals surface area contributed by atoms with Crippen molar-refractivity contribution < 1.29 is 14.2 Å². The first-order valence-electron chi connectivity index (χ1n) is 10.5. The van der Waals surface area contributed by atoms with Crippen LogP contribution in [0.1, 0.15) is 41.6 Å². The van der Waals surface area contributed by atoms with Crippen LogP contribution in [0.25, 0.3) is 11.2 Å². The van der Waals surface area contributed by atoms with Crippen LogP contribution in [0.5, 0.6) is 17.4 Å². The SMILES string of the molecule is COc1ccc(C2COc3cc(Cn4cnc5cc(C6CC6)cnc54)ccc3O2)cn1. The topological polar surface area (TPSA) is 71.3 Å². The molecule has 1 atom stereocenters. The second kappa shape index (κ2) is 7.27. The lowest BCUT2D eigenvalue weighted by Gasteiger charge is -2.27. The number of hydrogen-bond donors (Lipinski definition) is 0. The zero-order chi connectivity index (χ0) is 20.8. The molecule has 3 aromatic heterocycles. The number of methoxy groups -OCH3 is 1. The van der Waals surface area contributed by atoms with Crippen LogP contribution in [0.2, 0.25) is 0 Å². The number of pyridine rings is 2. The van der Waals surface area contributed by atoms with Crippen molar-refractivity contribution in [1.29, 1.82) is 0 Å². The molecule has 1 unspecified atom stereocenters. The van der Waals surface area contributed by atoms with E-state index in [1.54, 1.807) is 13.3 Å². The van der Waals surface area contributed by atoms with Crippen molar-refractivity contribution in [2.24, 2.45) is 0 Å². The van der Waals surface area contributed by atoms with Crippen molar-refractivity contribution in [2.45, 2.75) is 31.4 Å². The molecule has 156 valence electrons. The Labute approximate surface area is 179 Å². The third-order valence-corrected chi connectivity index (χ3v) is 5.89. The molecule has 0 amide bonds. The summed E-state index contributed by atoms with van der Waals surface area (Å²) in [5.41, 5.74) is 5.24. The zero-order valence-electron chi connectivity index (χ0n) is 17.2. The molecule has 0 radical (unpaired) electrons. The van der Waals surface area contributed by atoms with E-state index in [-0.39, 0.29) is 6.10 Å². The van der Waals surface area contributed by atoms with Gasteiger partial charge in [0.15, 0.2) is 23.3 Å². The molecular formula is C24H22N4O3. The van der Waals surface area contributed by atoms with E-state index in [4.69, 9.17) is 14.2 Å². The number of imidazole rings is 1. The fourth-order valence-corrected chi connectivity index (χ4v) is 4.00. The quantitative estimate of drug-likeness (QED) is 0.486. The molecule has 2 aliphatic rings. The Hall–Kier alpha value is -3.61. The van der Waals surface area contributed by atoms with E-state index in [2.05, 4.69) is 31.7 Å². The van der Waals surface area contributed by atoms with Crippen LogP contribution in [-0.4, -0.2) is 33.2 Å². The molecule has 0 bridgehead atoms. The Bertz CT molecular complexity index is 1250. The number of nitrogens with zero attached hydrogens (tertiary/aromatic N) is 4. The van der Waals surface area contributed by atoms with E-state index in [1.165, 1.54) is 18.4 Å². The minimum Gasteiger partial charge on any atom is -0.485 e. The number of benzene rings is 1. The van der Waals surface area contributed by atoms with E-state index in [1.807, 2.05) is 36.8 Å². The third-order valence-electron chi connectivity index (χ3n) is 5.89. The zero-order valence-corrected chi connectivity index (χ0v) is 17.2. The highest BCUT2D eigenvalue weighted by Crippen LogP contribution is 2.40. The summed E-state index contributed by atoms with van der Waals surface area (Å²) < 4.78 is 19.4. The molecule has 7 nitrogen and oxygen atoms in total. The molecule has 7 heteroatoms. The maximum Gasteiger partial charge on any atom is 0.212 e. The van der Waals surface area contributed by atoms with Gasteiger partial charge in [-0.15, -0.1) is 0 Å². The molecule has 4 aromatic rings. The molecule has 1 fully saturated rings. The van der Waals surface area contributed by atoms with Gasteiger partial charge < -0.3 is 18.8 Å². The smallest absolute Gasteiger partial charge is 0.212 e. The molecular weight excluding hydrogens is 392 g/mol. The van der Waals surface area contributed by atoms with Crippen LogP contribution < -0.4 is 14.2 Å².